The van der Waals surface area contributed by atoms with E-state index in [9.17, 15) is 9.18 Å². The van der Waals surface area contributed by atoms with Crippen molar-refractivity contribution in [3.63, 3.8) is 0 Å². The highest BCUT2D eigenvalue weighted by molar-refractivity contribution is 5.94. The van der Waals surface area contributed by atoms with Gasteiger partial charge in [0.15, 0.2) is 0 Å². The summed E-state index contributed by atoms with van der Waals surface area (Å²) in [7, 11) is 0. The van der Waals surface area contributed by atoms with Crippen LogP contribution in [0.15, 0.2) is 30.5 Å². The quantitative estimate of drug-likeness (QED) is 0.920. The molecule has 1 saturated carbocycles. The number of hydrogen-bond acceptors (Lipinski definition) is 2. The summed E-state index contributed by atoms with van der Waals surface area (Å²) in [6, 6.07) is 6.80. The zero-order chi connectivity index (χ0) is 15.1. The van der Waals surface area contributed by atoms with Gasteiger partial charge in [-0.05, 0) is 30.5 Å². The zero-order valence-electron chi connectivity index (χ0n) is 12.3. The number of anilines is 1. The van der Waals surface area contributed by atoms with Crippen LogP contribution in [0.5, 0.6) is 0 Å². The molecule has 5 heteroatoms. The average Bonchev–Trinajstić information content (AvgIpc) is 3.15. The van der Waals surface area contributed by atoms with Crippen LogP contribution in [-0.4, -0.2) is 15.7 Å². The number of fused-ring (bicyclic) bond motifs is 1. The van der Waals surface area contributed by atoms with Crippen molar-refractivity contribution in [2.45, 2.75) is 44.1 Å². The minimum Gasteiger partial charge on any atom is -0.311 e. The van der Waals surface area contributed by atoms with Gasteiger partial charge in [0.05, 0.1) is 12.2 Å². The molecule has 0 saturated heterocycles. The van der Waals surface area contributed by atoms with Crippen molar-refractivity contribution in [3.8, 4) is 0 Å². The maximum absolute atomic E-state index is 13.1. The Labute approximate surface area is 128 Å². The van der Waals surface area contributed by atoms with Crippen molar-refractivity contribution in [2.75, 3.05) is 5.32 Å². The molecule has 114 valence electrons. The van der Waals surface area contributed by atoms with E-state index in [0.29, 0.717) is 12.5 Å². The lowest BCUT2D eigenvalue weighted by Crippen LogP contribution is -2.25. The van der Waals surface area contributed by atoms with Crippen molar-refractivity contribution in [1.29, 1.82) is 0 Å². The van der Waals surface area contributed by atoms with E-state index in [1.807, 2.05) is 10.9 Å². The summed E-state index contributed by atoms with van der Waals surface area (Å²) in [6.07, 6.45) is 6.91. The fourth-order valence-corrected chi connectivity index (χ4v) is 3.66. The van der Waals surface area contributed by atoms with E-state index in [0.717, 1.165) is 29.8 Å². The second-order valence-corrected chi connectivity index (χ2v) is 6.19. The number of carbonyl (C=O) groups excluding carboxylic acids is 1. The van der Waals surface area contributed by atoms with Gasteiger partial charge in [-0.15, -0.1) is 0 Å². The van der Waals surface area contributed by atoms with Crippen LogP contribution in [-0.2, 0) is 4.79 Å². The predicted octanol–water partition coefficient (Wildman–Crippen LogP) is 3.61. The van der Waals surface area contributed by atoms with Gasteiger partial charge in [-0.1, -0.05) is 25.0 Å². The maximum Gasteiger partial charge on any atom is 0.226 e. The smallest absolute Gasteiger partial charge is 0.226 e. The van der Waals surface area contributed by atoms with Crippen molar-refractivity contribution in [3.05, 3.63) is 47.4 Å². The van der Waals surface area contributed by atoms with Crippen molar-refractivity contribution in [1.82, 2.24) is 9.78 Å². The Morgan fingerprint density at radius 2 is 1.91 bits per heavy atom. The van der Waals surface area contributed by atoms with Crippen molar-refractivity contribution in [2.24, 2.45) is 0 Å². The van der Waals surface area contributed by atoms with Crippen LogP contribution < -0.4 is 5.32 Å². The number of halogens is 1. The summed E-state index contributed by atoms with van der Waals surface area (Å²) in [5.74, 6) is 0.532. The normalized spacial score (nSPS) is 21.7. The minimum absolute atomic E-state index is 0.00146. The largest absolute Gasteiger partial charge is 0.311 e. The lowest BCUT2D eigenvalue weighted by atomic mass is 9.87. The van der Waals surface area contributed by atoms with Crippen molar-refractivity contribution >= 4 is 11.7 Å². The molecule has 1 aliphatic carbocycles. The molecule has 1 atom stereocenters. The van der Waals surface area contributed by atoms with Gasteiger partial charge in [0, 0.05) is 17.9 Å². The number of carbonyl (C=O) groups is 1. The Balaban J connectivity index is 1.74. The number of benzene rings is 1. The molecule has 0 radical (unpaired) electrons. The van der Waals surface area contributed by atoms with E-state index in [2.05, 4.69) is 10.4 Å². The van der Waals surface area contributed by atoms with Crippen LogP contribution in [0, 0.1) is 5.82 Å². The van der Waals surface area contributed by atoms with Gasteiger partial charge in [-0.25, -0.2) is 9.07 Å². The highest BCUT2D eigenvalue weighted by Gasteiger charge is 2.32. The van der Waals surface area contributed by atoms with Gasteiger partial charge in [0.25, 0.3) is 0 Å². The number of nitrogens with one attached hydrogen (secondary N) is 1. The van der Waals surface area contributed by atoms with Crippen LogP contribution in [0.2, 0.25) is 0 Å². The molecule has 2 aromatic rings. The summed E-state index contributed by atoms with van der Waals surface area (Å²) in [5, 5.41) is 7.52. The molecule has 4 nitrogen and oxygen atoms in total. The molecule has 1 fully saturated rings. The molecule has 1 N–H and O–H groups in total. The number of rotatable bonds is 2. The lowest BCUT2D eigenvalue weighted by molar-refractivity contribution is -0.116. The lowest BCUT2D eigenvalue weighted by Gasteiger charge is -2.25. The fraction of sp³-hybridized carbons (Fsp3) is 0.412. The van der Waals surface area contributed by atoms with Crippen LogP contribution >= 0.6 is 0 Å². The van der Waals surface area contributed by atoms with Crippen LogP contribution in [0.4, 0.5) is 10.2 Å². The summed E-state index contributed by atoms with van der Waals surface area (Å²) in [4.78, 5) is 12.1. The summed E-state index contributed by atoms with van der Waals surface area (Å²) < 4.78 is 15.1. The number of hydrogen-bond donors (Lipinski definition) is 1. The summed E-state index contributed by atoms with van der Waals surface area (Å²) in [5.41, 5.74) is 2.00. The monoisotopic (exact) mass is 299 g/mol. The van der Waals surface area contributed by atoms with Gasteiger partial charge in [0.2, 0.25) is 5.91 Å². The van der Waals surface area contributed by atoms with Crippen LogP contribution in [0.3, 0.4) is 0 Å². The first-order valence-corrected chi connectivity index (χ1v) is 7.85. The van der Waals surface area contributed by atoms with E-state index in [4.69, 9.17) is 0 Å². The third-order valence-electron chi connectivity index (χ3n) is 4.79. The standard InChI is InChI=1S/C17H18FN3O/c18-12-7-5-11(6-8-12)14-9-16(22)20-17-15(14)10-19-21(17)13-3-1-2-4-13/h5-8,10,13-14H,1-4,9H2,(H,20,22)/t14-/m0/s1. The molecule has 22 heavy (non-hydrogen) atoms. The Hall–Kier alpha value is -2.17. The molecule has 2 heterocycles. The summed E-state index contributed by atoms with van der Waals surface area (Å²) in [6.45, 7) is 0. The van der Waals surface area contributed by atoms with Crippen molar-refractivity contribution < 1.29 is 9.18 Å². The Kier molecular flexibility index (Phi) is 3.21. The predicted molar refractivity (Wildman–Crippen MR) is 81.2 cm³/mol. The fourth-order valence-electron chi connectivity index (χ4n) is 3.66. The van der Waals surface area contributed by atoms with E-state index < -0.39 is 0 Å². The molecule has 1 amide bonds. The van der Waals surface area contributed by atoms with E-state index in [-0.39, 0.29) is 17.6 Å². The Bertz CT molecular complexity index is 701. The third-order valence-corrected chi connectivity index (χ3v) is 4.79. The second-order valence-electron chi connectivity index (χ2n) is 6.19. The molecule has 1 aromatic carbocycles. The first kappa shape index (κ1) is 13.5. The number of aromatic nitrogens is 2. The molecule has 0 unspecified atom stereocenters. The van der Waals surface area contributed by atoms with E-state index >= 15 is 0 Å². The third kappa shape index (κ3) is 2.21. The van der Waals surface area contributed by atoms with Gasteiger partial charge in [0.1, 0.15) is 11.6 Å². The highest BCUT2D eigenvalue weighted by Crippen LogP contribution is 2.40. The van der Waals surface area contributed by atoms with Gasteiger partial charge in [-0.2, -0.15) is 5.10 Å². The van der Waals surface area contributed by atoms with Gasteiger partial charge < -0.3 is 5.32 Å². The van der Waals surface area contributed by atoms with Crippen LogP contribution in [0.25, 0.3) is 0 Å². The molecule has 1 aromatic heterocycles. The molecule has 4 rings (SSSR count). The van der Waals surface area contributed by atoms with Gasteiger partial charge in [-0.3, -0.25) is 4.79 Å². The van der Waals surface area contributed by atoms with E-state index in [1.165, 1.54) is 25.0 Å². The number of nitrogens with zero attached hydrogens (tertiary/aromatic N) is 2. The first-order chi connectivity index (χ1) is 10.7. The minimum atomic E-state index is -0.258. The average molecular weight is 299 g/mol. The SMILES string of the molecule is O=C1C[C@@H](c2ccc(F)cc2)c2cnn(C3CCCC3)c2N1. The molecule has 0 bridgehead atoms. The molecular weight excluding hydrogens is 281 g/mol. The Morgan fingerprint density at radius 3 is 2.64 bits per heavy atom. The summed E-state index contributed by atoms with van der Waals surface area (Å²) >= 11 is 0. The topological polar surface area (TPSA) is 46.9 Å². The number of amides is 1. The highest BCUT2D eigenvalue weighted by atomic mass is 19.1. The molecule has 1 aliphatic heterocycles. The second kappa shape index (κ2) is 5.23. The molecule has 2 aliphatic rings. The Morgan fingerprint density at radius 1 is 1.18 bits per heavy atom. The van der Waals surface area contributed by atoms with E-state index in [1.54, 1.807) is 12.1 Å². The molecular formula is C17H18FN3O. The maximum atomic E-state index is 13.1. The zero-order valence-corrected chi connectivity index (χ0v) is 12.3. The molecule has 0 spiro atoms. The first-order valence-electron chi connectivity index (χ1n) is 7.85. The van der Waals surface area contributed by atoms with Gasteiger partial charge >= 0.3 is 0 Å². The van der Waals surface area contributed by atoms with Crippen LogP contribution in [0.1, 0.15) is 55.2 Å².